The number of rotatable bonds is 3. The van der Waals surface area contributed by atoms with Crippen molar-refractivity contribution in [2.24, 2.45) is 0 Å². The molecule has 104 valence electrons. The van der Waals surface area contributed by atoms with E-state index >= 15 is 0 Å². The molecule has 0 aromatic heterocycles. The number of anilines is 1. The number of amides is 1. The zero-order valence-corrected chi connectivity index (χ0v) is 12.2. The third-order valence-corrected chi connectivity index (χ3v) is 3.86. The number of carbonyl (C=O) groups excluding carboxylic acids is 1. The standard InChI is InChI=1S/C15H23N3O/c1-11-6-5-7-13(8-11)18-10-12(2)17(4)15(19)14(18)9-16-3/h5-8,12,14,16H,9-10H2,1-4H3. The molecule has 1 N–H and O–H groups in total. The van der Waals surface area contributed by atoms with Crippen LogP contribution in [0.15, 0.2) is 24.3 Å². The molecule has 1 aliphatic heterocycles. The highest BCUT2D eigenvalue weighted by atomic mass is 16.2. The third kappa shape index (κ3) is 2.73. The Labute approximate surface area is 115 Å². The van der Waals surface area contributed by atoms with Gasteiger partial charge in [0, 0.05) is 31.9 Å². The minimum atomic E-state index is -0.118. The van der Waals surface area contributed by atoms with Crippen molar-refractivity contribution in [3.8, 4) is 0 Å². The highest BCUT2D eigenvalue weighted by molar-refractivity contribution is 5.87. The predicted octanol–water partition coefficient (Wildman–Crippen LogP) is 1.25. The lowest BCUT2D eigenvalue weighted by atomic mass is 10.0. The second kappa shape index (κ2) is 5.61. The molecule has 0 radical (unpaired) electrons. The van der Waals surface area contributed by atoms with Crippen LogP contribution in [0.2, 0.25) is 0 Å². The van der Waals surface area contributed by atoms with Crippen molar-refractivity contribution >= 4 is 11.6 Å². The van der Waals surface area contributed by atoms with Crippen LogP contribution in [0.4, 0.5) is 5.69 Å². The summed E-state index contributed by atoms with van der Waals surface area (Å²) in [6.07, 6.45) is 0. The first-order valence-corrected chi connectivity index (χ1v) is 6.79. The smallest absolute Gasteiger partial charge is 0.246 e. The van der Waals surface area contributed by atoms with Crippen LogP contribution in [0.5, 0.6) is 0 Å². The summed E-state index contributed by atoms with van der Waals surface area (Å²) in [5.74, 6) is 0.189. The van der Waals surface area contributed by atoms with E-state index in [0.29, 0.717) is 6.54 Å². The number of aryl methyl sites for hydroxylation is 1. The molecule has 2 unspecified atom stereocenters. The summed E-state index contributed by atoms with van der Waals surface area (Å²) in [5, 5.41) is 3.13. The minimum Gasteiger partial charge on any atom is -0.356 e. The van der Waals surface area contributed by atoms with E-state index in [1.807, 2.05) is 19.0 Å². The number of nitrogens with one attached hydrogen (secondary N) is 1. The number of nitrogens with zero attached hydrogens (tertiary/aromatic N) is 2. The fourth-order valence-electron chi connectivity index (χ4n) is 2.60. The summed E-state index contributed by atoms with van der Waals surface area (Å²) >= 11 is 0. The van der Waals surface area contributed by atoms with Gasteiger partial charge in [0.2, 0.25) is 5.91 Å². The molecule has 4 heteroatoms. The quantitative estimate of drug-likeness (QED) is 0.889. The van der Waals surface area contributed by atoms with Crippen molar-refractivity contribution in [1.29, 1.82) is 0 Å². The van der Waals surface area contributed by atoms with Crippen LogP contribution in [0, 0.1) is 6.92 Å². The van der Waals surface area contributed by atoms with Gasteiger partial charge in [0.05, 0.1) is 0 Å². The summed E-state index contributed by atoms with van der Waals surface area (Å²) in [7, 11) is 3.78. The number of likely N-dealkylation sites (N-methyl/N-ethyl adjacent to an activating group) is 2. The first-order chi connectivity index (χ1) is 9.04. The van der Waals surface area contributed by atoms with Crippen LogP contribution in [0.25, 0.3) is 0 Å². The van der Waals surface area contributed by atoms with Crippen LogP contribution in [-0.4, -0.2) is 50.1 Å². The largest absolute Gasteiger partial charge is 0.356 e. The zero-order valence-electron chi connectivity index (χ0n) is 12.2. The summed E-state index contributed by atoms with van der Waals surface area (Å²) in [6, 6.07) is 8.48. The molecule has 1 aromatic rings. The summed E-state index contributed by atoms with van der Waals surface area (Å²) in [6.45, 7) is 5.72. The Morgan fingerprint density at radius 3 is 2.79 bits per heavy atom. The van der Waals surface area contributed by atoms with Crippen molar-refractivity contribution in [3.63, 3.8) is 0 Å². The second-order valence-corrected chi connectivity index (χ2v) is 5.36. The molecule has 1 saturated heterocycles. The van der Waals surface area contributed by atoms with Crippen LogP contribution in [0.1, 0.15) is 12.5 Å². The Kier molecular flexibility index (Phi) is 4.10. The van der Waals surface area contributed by atoms with E-state index in [1.165, 1.54) is 5.56 Å². The summed E-state index contributed by atoms with van der Waals surface area (Å²) in [4.78, 5) is 16.5. The van der Waals surface area contributed by atoms with Crippen LogP contribution in [-0.2, 0) is 4.79 Å². The van der Waals surface area contributed by atoms with E-state index in [1.54, 1.807) is 0 Å². The summed E-state index contributed by atoms with van der Waals surface area (Å²) in [5.41, 5.74) is 2.35. The molecule has 1 amide bonds. The molecule has 0 aliphatic carbocycles. The Balaban J connectivity index is 2.32. The zero-order chi connectivity index (χ0) is 14.0. The first kappa shape index (κ1) is 13.9. The predicted molar refractivity (Wildman–Crippen MR) is 78.5 cm³/mol. The Bertz CT molecular complexity index is 460. The second-order valence-electron chi connectivity index (χ2n) is 5.36. The molecule has 19 heavy (non-hydrogen) atoms. The maximum Gasteiger partial charge on any atom is 0.246 e. The first-order valence-electron chi connectivity index (χ1n) is 6.79. The maximum atomic E-state index is 12.4. The van der Waals surface area contributed by atoms with Crippen LogP contribution in [0.3, 0.4) is 0 Å². The van der Waals surface area contributed by atoms with E-state index in [-0.39, 0.29) is 18.0 Å². The number of benzene rings is 1. The third-order valence-electron chi connectivity index (χ3n) is 3.86. The number of hydrogen-bond donors (Lipinski definition) is 1. The molecule has 2 atom stereocenters. The number of carbonyl (C=O) groups is 1. The molecule has 0 spiro atoms. The van der Waals surface area contributed by atoms with Crippen LogP contribution < -0.4 is 10.2 Å². The monoisotopic (exact) mass is 261 g/mol. The molecule has 1 aromatic carbocycles. The van der Waals surface area contributed by atoms with Gasteiger partial charge in [-0.25, -0.2) is 0 Å². The lowest BCUT2D eigenvalue weighted by Crippen LogP contribution is -2.62. The van der Waals surface area contributed by atoms with Gasteiger partial charge in [-0.3, -0.25) is 4.79 Å². The molecular formula is C15H23N3O. The van der Waals surface area contributed by atoms with Crippen molar-refractivity contribution in [2.45, 2.75) is 25.9 Å². The van der Waals surface area contributed by atoms with E-state index in [2.05, 4.69) is 48.3 Å². The van der Waals surface area contributed by atoms with Gasteiger partial charge in [0.15, 0.2) is 0 Å². The van der Waals surface area contributed by atoms with Crippen molar-refractivity contribution in [2.75, 3.05) is 32.1 Å². The fraction of sp³-hybridized carbons (Fsp3) is 0.533. The van der Waals surface area contributed by atoms with E-state index in [4.69, 9.17) is 0 Å². The van der Waals surface area contributed by atoms with Crippen molar-refractivity contribution in [1.82, 2.24) is 10.2 Å². The van der Waals surface area contributed by atoms with Gasteiger partial charge >= 0.3 is 0 Å². The molecule has 1 heterocycles. The van der Waals surface area contributed by atoms with Gasteiger partial charge in [-0.2, -0.15) is 0 Å². The van der Waals surface area contributed by atoms with Crippen molar-refractivity contribution < 1.29 is 4.79 Å². The average molecular weight is 261 g/mol. The highest BCUT2D eigenvalue weighted by Gasteiger charge is 2.36. The van der Waals surface area contributed by atoms with Crippen molar-refractivity contribution in [3.05, 3.63) is 29.8 Å². The van der Waals surface area contributed by atoms with Gasteiger partial charge in [-0.15, -0.1) is 0 Å². The van der Waals surface area contributed by atoms with E-state index < -0.39 is 0 Å². The molecule has 0 bridgehead atoms. The van der Waals surface area contributed by atoms with Gasteiger partial charge in [-0.1, -0.05) is 12.1 Å². The van der Waals surface area contributed by atoms with Crippen LogP contribution >= 0.6 is 0 Å². The Morgan fingerprint density at radius 1 is 1.42 bits per heavy atom. The lowest BCUT2D eigenvalue weighted by Gasteiger charge is -2.44. The van der Waals surface area contributed by atoms with Gasteiger partial charge in [0.25, 0.3) is 0 Å². The molecular weight excluding hydrogens is 238 g/mol. The summed E-state index contributed by atoms with van der Waals surface area (Å²) < 4.78 is 0. The molecule has 2 rings (SSSR count). The number of hydrogen-bond acceptors (Lipinski definition) is 3. The highest BCUT2D eigenvalue weighted by Crippen LogP contribution is 2.24. The average Bonchev–Trinajstić information content (AvgIpc) is 2.39. The van der Waals surface area contributed by atoms with E-state index in [9.17, 15) is 4.79 Å². The molecule has 0 saturated carbocycles. The SMILES string of the molecule is CNCC1C(=O)N(C)C(C)CN1c1cccc(C)c1. The Morgan fingerprint density at radius 2 is 2.16 bits per heavy atom. The normalized spacial score (nSPS) is 23.9. The van der Waals surface area contributed by atoms with Gasteiger partial charge in [-0.05, 0) is 38.6 Å². The van der Waals surface area contributed by atoms with Gasteiger partial charge in [0.1, 0.15) is 6.04 Å². The lowest BCUT2D eigenvalue weighted by molar-refractivity contribution is -0.134. The number of piperazine rings is 1. The molecule has 4 nitrogen and oxygen atoms in total. The fourth-order valence-corrected chi connectivity index (χ4v) is 2.60. The minimum absolute atomic E-state index is 0.118. The molecule has 1 fully saturated rings. The van der Waals surface area contributed by atoms with E-state index in [0.717, 1.165) is 12.2 Å². The maximum absolute atomic E-state index is 12.4. The molecule has 1 aliphatic rings. The van der Waals surface area contributed by atoms with Gasteiger partial charge < -0.3 is 15.1 Å². The Hall–Kier alpha value is -1.55. The topological polar surface area (TPSA) is 35.6 Å².